The molecule has 3 heteroatoms. The first kappa shape index (κ1) is 14.1. The van der Waals surface area contributed by atoms with Crippen molar-refractivity contribution in [3.05, 3.63) is 0 Å². The Morgan fingerprint density at radius 2 is 1.80 bits per heavy atom. The van der Waals surface area contributed by atoms with E-state index in [4.69, 9.17) is 0 Å². The zero-order valence-corrected chi connectivity index (χ0v) is 10.00. The molecule has 0 atom stereocenters. The molecule has 1 aliphatic rings. The zero-order valence-electron chi connectivity index (χ0n) is 10.00. The molecule has 1 aliphatic heterocycles. The lowest BCUT2D eigenvalue weighted by Crippen LogP contribution is -2.27. The van der Waals surface area contributed by atoms with Gasteiger partial charge in [0.1, 0.15) is 6.29 Å². The molecule has 0 aromatic rings. The van der Waals surface area contributed by atoms with Gasteiger partial charge in [0.15, 0.2) is 0 Å². The molecule has 0 radical (unpaired) electrons. The molecule has 0 spiro atoms. The quantitative estimate of drug-likeness (QED) is 0.531. The lowest BCUT2D eigenvalue weighted by molar-refractivity contribution is -0.130. The number of carbonyl (C=O) groups is 2. The summed E-state index contributed by atoms with van der Waals surface area (Å²) in [6, 6.07) is 0. The van der Waals surface area contributed by atoms with Crippen LogP contribution in [-0.4, -0.2) is 30.2 Å². The Hall–Kier alpha value is -0.860. The molecule has 0 bridgehead atoms. The van der Waals surface area contributed by atoms with E-state index in [1.807, 2.05) is 4.90 Å². The topological polar surface area (TPSA) is 37.4 Å². The molecule has 0 aromatic heterocycles. The zero-order chi connectivity index (χ0) is 11.5. The minimum absolute atomic E-state index is 0.217. The highest BCUT2D eigenvalue weighted by atomic mass is 16.2. The summed E-state index contributed by atoms with van der Waals surface area (Å²) in [7, 11) is 0. The molecule has 1 rings (SSSR count). The molecule has 0 N–H and O–H groups in total. The van der Waals surface area contributed by atoms with E-state index >= 15 is 0 Å². The molecule has 0 unspecified atom stereocenters. The first-order valence-corrected chi connectivity index (χ1v) is 5.97. The average molecular weight is 213 g/mol. The van der Waals surface area contributed by atoms with Gasteiger partial charge in [-0.3, -0.25) is 4.79 Å². The Bertz CT molecular complexity index is 174. The molecule has 0 aliphatic carbocycles. The number of rotatable bonds is 4. The van der Waals surface area contributed by atoms with Gasteiger partial charge in [0, 0.05) is 25.9 Å². The fourth-order valence-corrected chi connectivity index (χ4v) is 1.46. The highest BCUT2D eigenvalue weighted by Crippen LogP contribution is 2.09. The number of aldehydes is 1. The number of likely N-dealkylation sites (tertiary alicyclic amines) is 1. The largest absolute Gasteiger partial charge is 0.343 e. The van der Waals surface area contributed by atoms with E-state index in [2.05, 4.69) is 13.8 Å². The number of amides is 1. The third kappa shape index (κ3) is 7.11. The van der Waals surface area contributed by atoms with Gasteiger partial charge >= 0.3 is 0 Å². The predicted octanol–water partition coefficient (Wildman–Crippen LogP) is 2.39. The summed E-state index contributed by atoms with van der Waals surface area (Å²) in [5.41, 5.74) is 0. The third-order valence-electron chi connectivity index (χ3n) is 2.17. The molecular formula is C12H23NO2. The van der Waals surface area contributed by atoms with Gasteiger partial charge in [-0.05, 0) is 19.3 Å². The Labute approximate surface area is 92.8 Å². The van der Waals surface area contributed by atoms with E-state index in [1.54, 1.807) is 0 Å². The Kier molecular flexibility index (Phi) is 9.13. The van der Waals surface area contributed by atoms with Crippen molar-refractivity contribution in [3.63, 3.8) is 0 Å². The number of nitrogens with zero attached hydrogens (tertiary/aromatic N) is 1. The molecule has 3 nitrogen and oxygen atoms in total. The van der Waals surface area contributed by atoms with Crippen LogP contribution in [0.2, 0.25) is 0 Å². The van der Waals surface area contributed by atoms with E-state index < -0.39 is 0 Å². The molecule has 0 saturated carbocycles. The van der Waals surface area contributed by atoms with Crippen LogP contribution in [0.4, 0.5) is 0 Å². The Morgan fingerprint density at radius 3 is 2.27 bits per heavy atom. The summed E-state index contributed by atoms with van der Waals surface area (Å²) in [4.78, 5) is 23.2. The lowest BCUT2D eigenvalue weighted by atomic mass is 10.2. The standard InChI is InChI=1S/C9H15NO2.C3H8/c11-8-4-1-5-9(12)10-6-2-3-7-10;1-3-2/h8H,1-7H2;3H2,1-2H3. The highest BCUT2D eigenvalue weighted by Gasteiger charge is 2.16. The summed E-state index contributed by atoms with van der Waals surface area (Å²) in [6.07, 6.45) is 6.16. The van der Waals surface area contributed by atoms with E-state index in [1.165, 1.54) is 6.42 Å². The van der Waals surface area contributed by atoms with Crippen LogP contribution >= 0.6 is 0 Å². The van der Waals surface area contributed by atoms with Gasteiger partial charge in [-0.25, -0.2) is 0 Å². The Morgan fingerprint density at radius 1 is 1.27 bits per heavy atom. The maximum absolute atomic E-state index is 11.3. The van der Waals surface area contributed by atoms with Crippen LogP contribution in [0, 0.1) is 0 Å². The number of hydrogen-bond donors (Lipinski definition) is 0. The fourth-order valence-electron chi connectivity index (χ4n) is 1.46. The van der Waals surface area contributed by atoms with Crippen molar-refractivity contribution in [2.24, 2.45) is 0 Å². The fraction of sp³-hybridized carbons (Fsp3) is 0.833. The lowest BCUT2D eigenvalue weighted by Gasteiger charge is -2.14. The summed E-state index contributed by atoms with van der Waals surface area (Å²) >= 11 is 0. The minimum atomic E-state index is 0.217. The van der Waals surface area contributed by atoms with Gasteiger partial charge in [-0.15, -0.1) is 0 Å². The van der Waals surface area contributed by atoms with Gasteiger partial charge in [0.05, 0.1) is 0 Å². The van der Waals surface area contributed by atoms with E-state index in [0.29, 0.717) is 19.3 Å². The number of carbonyl (C=O) groups excluding carboxylic acids is 2. The number of unbranched alkanes of at least 4 members (excludes halogenated alkanes) is 1. The summed E-state index contributed by atoms with van der Waals surface area (Å²) in [5.74, 6) is 0.217. The summed E-state index contributed by atoms with van der Waals surface area (Å²) < 4.78 is 0. The molecule has 1 saturated heterocycles. The number of hydrogen-bond acceptors (Lipinski definition) is 2. The Balaban J connectivity index is 0.000000583. The maximum Gasteiger partial charge on any atom is 0.222 e. The van der Waals surface area contributed by atoms with Crippen molar-refractivity contribution in [1.29, 1.82) is 0 Å². The van der Waals surface area contributed by atoms with Gasteiger partial charge in [-0.1, -0.05) is 20.3 Å². The van der Waals surface area contributed by atoms with Crippen molar-refractivity contribution in [2.45, 2.75) is 52.4 Å². The second-order valence-electron chi connectivity index (χ2n) is 3.85. The van der Waals surface area contributed by atoms with Crippen LogP contribution in [-0.2, 0) is 9.59 Å². The monoisotopic (exact) mass is 213 g/mol. The van der Waals surface area contributed by atoms with Crippen LogP contribution in [0.15, 0.2) is 0 Å². The normalized spacial score (nSPS) is 14.4. The van der Waals surface area contributed by atoms with Gasteiger partial charge < -0.3 is 9.69 Å². The van der Waals surface area contributed by atoms with Gasteiger partial charge in [0.25, 0.3) is 0 Å². The first-order valence-electron chi connectivity index (χ1n) is 5.97. The van der Waals surface area contributed by atoms with Crippen molar-refractivity contribution in [2.75, 3.05) is 13.1 Å². The average Bonchev–Trinajstić information content (AvgIpc) is 2.72. The van der Waals surface area contributed by atoms with Gasteiger partial charge in [-0.2, -0.15) is 0 Å². The van der Waals surface area contributed by atoms with Crippen molar-refractivity contribution in [3.8, 4) is 0 Å². The summed E-state index contributed by atoms with van der Waals surface area (Å²) in [5, 5.41) is 0. The van der Waals surface area contributed by atoms with Crippen molar-refractivity contribution >= 4 is 12.2 Å². The van der Waals surface area contributed by atoms with Crippen LogP contribution in [0.1, 0.15) is 52.4 Å². The molecule has 1 fully saturated rings. The summed E-state index contributed by atoms with van der Waals surface area (Å²) in [6.45, 7) is 6.08. The third-order valence-corrected chi connectivity index (χ3v) is 2.17. The van der Waals surface area contributed by atoms with E-state index in [0.717, 1.165) is 32.2 Å². The van der Waals surface area contributed by atoms with Crippen LogP contribution < -0.4 is 0 Å². The van der Waals surface area contributed by atoms with Crippen LogP contribution in [0.25, 0.3) is 0 Å². The predicted molar refractivity (Wildman–Crippen MR) is 61.7 cm³/mol. The van der Waals surface area contributed by atoms with Crippen LogP contribution in [0.3, 0.4) is 0 Å². The second-order valence-corrected chi connectivity index (χ2v) is 3.85. The van der Waals surface area contributed by atoms with E-state index in [-0.39, 0.29) is 5.91 Å². The van der Waals surface area contributed by atoms with Crippen molar-refractivity contribution < 1.29 is 9.59 Å². The highest BCUT2D eigenvalue weighted by molar-refractivity contribution is 5.76. The van der Waals surface area contributed by atoms with Crippen LogP contribution in [0.5, 0.6) is 0 Å². The minimum Gasteiger partial charge on any atom is -0.343 e. The smallest absolute Gasteiger partial charge is 0.222 e. The molecular weight excluding hydrogens is 190 g/mol. The molecule has 88 valence electrons. The van der Waals surface area contributed by atoms with E-state index in [9.17, 15) is 9.59 Å². The SMILES string of the molecule is CCC.O=CCCCC(=O)N1CCCC1. The first-order chi connectivity index (χ1) is 7.26. The maximum atomic E-state index is 11.3. The molecule has 1 heterocycles. The molecule has 1 amide bonds. The van der Waals surface area contributed by atoms with Gasteiger partial charge in [0.2, 0.25) is 5.91 Å². The second kappa shape index (κ2) is 9.69. The van der Waals surface area contributed by atoms with Crippen molar-refractivity contribution in [1.82, 2.24) is 4.90 Å². The molecule has 15 heavy (non-hydrogen) atoms. The molecule has 0 aromatic carbocycles.